The van der Waals surface area contributed by atoms with Gasteiger partial charge in [-0.25, -0.2) is 0 Å². The Balaban J connectivity index is 1.69. The largest absolute Gasteiger partial charge is 0.344 e. The number of amides is 1. The van der Waals surface area contributed by atoms with Crippen molar-refractivity contribution in [3.05, 3.63) is 29.9 Å². The second-order valence-electron chi connectivity index (χ2n) is 6.39. The van der Waals surface area contributed by atoms with Gasteiger partial charge in [0.25, 0.3) is 0 Å². The highest BCUT2D eigenvalue weighted by atomic mass is 16.5. The Kier molecular flexibility index (Phi) is 4.41. The van der Waals surface area contributed by atoms with Gasteiger partial charge in [-0.1, -0.05) is 18.5 Å². The quantitative estimate of drug-likeness (QED) is 0.938. The van der Waals surface area contributed by atoms with Crippen LogP contribution in [0.25, 0.3) is 11.4 Å². The lowest BCUT2D eigenvalue weighted by atomic mass is 9.97. The van der Waals surface area contributed by atoms with E-state index < -0.39 is 0 Å². The van der Waals surface area contributed by atoms with E-state index in [-0.39, 0.29) is 17.9 Å². The smallest absolute Gasteiger partial charge is 0.249 e. The van der Waals surface area contributed by atoms with Gasteiger partial charge >= 0.3 is 0 Å². The number of nitrogens with one attached hydrogen (secondary N) is 1. The standard InChI is InChI=1S/C17H22N4O2/c1-10-5-4-6-14(10)16(22)19-12(3)17-20-15(21-23-17)13-7-8-18-11(2)9-13/h7-10,12,14H,4-6H2,1-3H3,(H,19,22)/t10?,12-,14?/m0/s1. The molecule has 1 aliphatic rings. The van der Waals surface area contributed by atoms with Gasteiger partial charge in [0.2, 0.25) is 17.6 Å². The summed E-state index contributed by atoms with van der Waals surface area (Å²) in [4.78, 5) is 20.9. The molecule has 23 heavy (non-hydrogen) atoms. The average Bonchev–Trinajstić information content (AvgIpc) is 3.16. The number of aryl methyl sites for hydroxylation is 1. The van der Waals surface area contributed by atoms with E-state index in [1.165, 1.54) is 0 Å². The number of rotatable bonds is 4. The Morgan fingerprint density at radius 1 is 1.43 bits per heavy atom. The number of carbonyl (C=O) groups excluding carboxylic acids is 1. The minimum absolute atomic E-state index is 0.0852. The van der Waals surface area contributed by atoms with Crippen molar-refractivity contribution >= 4 is 5.91 Å². The van der Waals surface area contributed by atoms with Crippen molar-refractivity contribution in [1.29, 1.82) is 0 Å². The molecule has 6 heteroatoms. The maximum absolute atomic E-state index is 12.4. The summed E-state index contributed by atoms with van der Waals surface area (Å²) in [5.74, 6) is 1.57. The van der Waals surface area contributed by atoms with Gasteiger partial charge in [-0.15, -0.1) is 0 Å². The van der Waals surface area contributed by atoms with Crippen molar-refractivity contribution in [2.45, 2.75) is 46.1 Å². The van der Waals surface area contributed by atoms with Crippen LogP contribution in [0.2, 0.25) is 0 Å². The highest BCUT2D eigenvalue weighted by Gasteiger charge is 2.31. The van der Waals surface area contributed by atoms with Crippen LogP contribution >= 0.6 is 0 Å². The zero-order chi connectivity index (χ0) is 16.4. The summed E-state index contributed by atoms with van der Waals surface area (Å²) < 4.78 is 5.31. The summed E-state index contributed by atoms with van der Waals surface area (Å²) in [5, 5.41) is 7.00. The number of hydrogen-bond acceptors (Lipinski definition) is 5. The minimum atomic E-state index is -0.292. The number of pyridine rings is 1. The van der Waals surface area contributed by atoms with Gasteiger partial charge in [0.15, 0.2) is 0 Å². The Morgan fingerprint density at radius 3 is 2.96 bits per heavy atom. The van der Waals surface area contributed by atoms with E-state index in [4.69, 9.17) is 4.52 Å². The summed E-state index contributed by atoms with van der Waals surface area (Å²) >= 11 is 0. The normalized spacial score (nSPS) is 22.0. The van der Waals surface area contributed by atoms with Crippen molar-refractivity contribution in [2.24, 2.45) is 11.8 Å². The van der Waals surface area contributed by atoms with Crippen LogP contribution in [0.5, 0.6) is 0 Å². The molecular formula is C17H22N4O2. The maximum Gasteiger partial charge on any atom is 0.249 e. The molecule has 3 atom stereocenters. The number of hydrogen-bond donors (Lipinski definition) is 1. The summed E-state index contributed by atoms with van der Waals surface area (Å²) in [6.07, 6.45) is 4.93. The second kappa shape index (κ2) is 6.48. The SMILES string of the molecule is Cc1cc(-c2noc([C@H](C)NC(=O)C3CCCC3C)n2)ccn1. The first-order valence-corrected chi connectivity index (χ1v) is 8.11. The van der Waals surface area contributed by atoms with E-state index in [1.807, 2.05) is 26.0 Å². The van der Waals surface area contributed by atoms with Crippen LogP contribution in [0, 0.1) is 18.8 Å². The van der Waals surface area contributed by atoms with Crippen LogP contribution in [0.3, 0.4) is 0 Å². The van der Waals surface area contributed by atoms with Crippen LogP contribution in [0.1, 0.15) is 50.7 Å². The fourth-order valence-corrected chi connectivity index (χ4v) is 3.13. The molecule has 1 fully saturated rings. The van der Waals surface area contributed by atoms with Crippen molar-refractivity contribution in [3.8, 4) is 11.4 Å². The fraction of sp³-hybridized carbons (Fsp3) is 0.529. The topological polar surface area (TPSA) is 80.9 Å². The highest BCUT2D eigenvalue weighted by molar-refractivity contribution is 5.79. The van der Waals surface area contributed by atoms with E-state index in [9.17, 15) is 4.79 Å². The van der Waals surface area contributed by atoms with Crippen LogP contribution in [-0.4, -0.2) is 21.0 Å². The molecule has 6 nitrogen and oxygen atoms in total. The van der Waals surface area contributed by atoms with Crippen molar-refractivity contribution in [3.63, 3.8) is 0 Å². The molecule has 2 unspecified atom stereocenters. The maximum atomic E-state index is 12.4. The molecule has 0 bridgehead atoms. The molecular weight excluding hydrogens is 292 g/mol. The van der Waals surface area contributed by atoms with Gasteiger partial charge in [0, 0.05) is 23.4 Å². The molecule has 2 heterocycles. The summed E-state index contributed by atoms with van der Waals surface area (Å²) in [6, 6.07) is 3.45. The zero-order valence-electron chi connectivity index (χ0n) is 13.7. The Labute approximate surface area is 135 Å². The molecule has 3 rings (SSSR count). The molecule has 2 aromatic heterocycles. The number of nitrogens with zero attached hydrogens (tertiary/aromatic N) is 3. The van der Waals surface area contributed by atoms with Gasteiger partial charge in [-0.3, -0.25) is 9.78 Å². The van der Waals surface area contributed by atoms with Gasteiger partial charge in [0.05, 0.1) is 0 Å². The van der Waals surface area contributed by atoms with E-state index in [1.54, 1.807) is 6.20 Å². The Bertz CT molecular complexity index is 697. The Morgan fingerprint density at radius 2 is 2.26 bits per heavy atom. The first-order valence-electron chi connectivity index (χ1n) is 8.11. The first-order chi connectivity index (χ1) is 11.0. The highest BCUT2D eigenvalue weighted by Crippen LogP contribution is 2.31. The van der Waals surface area contributed by atoms with E-state index in [0.717, 1.165) is 30.5 Å². The molecule has 2 aromatic rings. The van der Waals surface area contributed by atoms with Crippen molar-refractivity contribution in [2.75, 3.05) is 0 Å². The number of carbonyl (C=O) groups is 1. The van der Waals surface area contributed by atoms with Crippen molar-refractivity contribution in [1.82, 2.24) is 20.4 Å². The van der Waals surface area contributed by atoms with E-state index in [0.29, 0.717) is 17.6 Å². The van der Waals surface area contributed by atoms with Gasteiger partial charge in [0.1, 0.15) is 6.04 Å². The first kappa shape index (κ1) is 15.6. The molecule has 0 radical (unpaired) electrons. The zero-order valence-corrected chi connectivity index (χ0v) is 13.7. The lowest BCUT2D eigenvalue weighted by Crippen LogP contribution is -2.34. The third kappa shape index (κ3) is 3.41. The molecule has 0 spiro atoms. The average molecular weight is 314 g/mol. The predicted octanol–water partition coefficient (Wildman–Crippen LogP) is 3.05. The predicted molar refractivity (Wildman–Crippen MR) is 85.3 cm³/mol. The molecule has 0 aliphatic heterocycles. The Hall–Kier alpha value is -2.24. The van der Waals surface area contributed by atoms with Gasteiger partial charge in [-0.2, -0.15) is 4.98 Å². The van der Waals surface area contributed by atoms with Crippen molar-refractivity contribution < 1.29 is 9.32 Å². The second-order valence-corrected chi connectivity index (χ2v) is 6.39. The summed E-state index contributed by atoms with van der Waals surface area (Å²) in [6.45, 7) is 5.92. The van der Waals surface area contributed by atoms with Gasteiger partial charge in [-0.05, 0) is 44.7 Å². The molecule has 1 aliphatic carbocycles. The lowest BCUT2D eigenvalue weighted by molar-refractivity contribution is -0.126. The van der Waals surface area contributed by atoms with E-state index in [2.05, 4.69) is 27.4 Å². The fourth-order valence-electron chi connectivity index (χ4n) is 3.13. The summed E-state index contributed by atoms with van der Waals surface area (Å²) in [7, 11) is 0. The minimum Gasteiger partial charge on any atom is -0.344 e. The molecule has 0 aromatic carbocycles. The van der Waals surface area contributed by atoms with Gasteiger partial charge < -0.3 is 9.84 Å². The molecule has 1 saturated carbocycles. The lowest BCUT2D eigenvalue weighted by Gasteiger charge is -2.17. The number of aromatic nitrogens is 3. The molecule has 1 amide bonds. The van der Waals surface area contributed by atoms with E-state index >= 15 is 0 Å². The van der Waals surface area contributed by atoms with Crippen LogP contribution in [-0.2, 0) is 4.79 Å². The molecule has 1 N–H and O–H groups in total. The third-order valence-electron chi connectivity index (χ3n) is 4.52. The van der Waals surface area contributed by atoms with Crippen LogP contribution in [0.15, 0.2) is 22.9 Å². The third-order valence-corrected chi connectivity index (χ3v) is 4.52. The molecule has 0 saturated heterocycles. The van der Waals surface area contributed by atoms with Crippen LogP contribution in [0.4, 0.5) is 0 Å². The summed E-state index contributed by atoms with van der Waals surface area (Å²) in [5.41, 5.74) is 1.75. The molecule has 122 valence electrons. The van der Waals surface area contributed by atoms with Crippen LogP contribution < -0.4 is 5.32 Å². The monoisotopic (exact) mass is 314 g/mol.